The van der Waals surface area contributed by atoms with Gasteiger partial charge in [0.2, 0.25) is 5.91 Å². The Morgan fingerprint density at radius 2 is 1.71 bits per heavy atom. The van der Waals surface area contributed by atoms with E-state index in [0.717, 1.165) is 9.87 Å². The summed E-state index contributed by atoms with van der Waals surface area (Å²) in [5, 5.41) is 3.82. The lowest BCUT2D eigenvalue weighted by molar-refractivity contribution is -0.119. The number of hydrogen-bond acceptors (Lipinski definition) is 5. The number of rotatable bonds is 12. The van der Waals surface area contributed by atoms with Crippen molar-refractivity contribution in [3.8, 4) is 5.75 Å². The van der Waals surface area contributed by atoms with Gasteiger partial charge in [0.25, 0.3) is 10.0 Å². The Hall–Kier alpha value is -2.39. The fraction of sp³-hybridized carbons (Fsp3) is 0.240. The lowest BCUT2D eigenvalue weighted by Gasteiger charge is -2.24. The van der Waals surface area contributed by atoms with Crippen LogP contribution in [0.1, 0.15) is 12.5 Å². The van der Waals surface area contributed by atoms with Crippen LogP contribution in [0, 0.1) is 0 Å². The zero-order valence-corrected chi connectivity index (χ0v) is 22.3. The minimum Gasteiger partial charge on any atom is -0.494 e. The predicted octanol–water partition coefficient (Wildman–Crippen LogP) is 5.64. The van der Waals surface area contributed by atoms with E-state index in [0.29, 0.717) is 46.1 Å². The molecule has 0 heterocycles. The highest BCUT2D eigenvalue weighted by Crippen LogP contribution is 2.26. The molecule has 1 amide bonds. The molecule has 0 radical (unpaired) electrons. The molecule has 0 atom stereocenters. The van der Waals surface area contributed by atoms with Gasteiger partial charge in [0.15, 0.2) is 0 Å². The second kappa shape index (κ2) is 13.1. The standard InChI is InChI=1S/C25H26Cl2N2O4S2/c1-2-33-21-11-9-20(10-12-21)29(35(31,32)22-6-4-3-5-7-22)17-25(30)28-14-15-34-18-19-8-13-23(26)24(27)16-19/h3-13,16H,2,14-15,17-18H2,1H3,(H,28,30). The quantitative estimate of drug-likeness (QED) is 0.294. The van der Waals surface area contributed by atoms with Crippen LogP contribution in [0.5, 0.6) is 5.75 Å². The maximum absolute atomic E-state index is 13.4. The van der Waals surface area contributed by atoms with E-state index in [1.807, 2.05) is 19.1 Å². The number of nitrogens with one attached hydrogen (secondary N) is 1. The number of thioether (sulfide) groups is 1. The molecule has 35 heavy (non-hydrogen) atoms. The molecule has 1 N–H and O–H groups in total. The summed E-state index contributed by atoms with van der Waals surface area (Å²) in [7, 11) is -3.95. The van der Waals surface area contributed by atoms with E-state index in [-0.39, 0.29) is 11.4 Å². The molecule has 6 nitrogen and oxygen atoms in total. The molecule has 10 heteroatoms. The number of anilines is 1. The summed E-state index contributed by atoms with van der Waals surface area (Å²) in [5.41, 5.74) is 1.41. The van der Waals surface area contributed by atoms with Gasteiger partial charge in [0.05, 0.1) is 27.2 Å². The minimum atomic E-state index is -3.95. The Labute approximate surface area is 220 Å². The van der Waals surface area contributed by atoms with E-state index in [1.165, 1.54) is 12.1 Å². The van der Waals surface area contributed by atoms with E-state index in [4.69, 9.17) is 27.9 Å². The number of hydrogen-bond donors (Lipinski definition) is 1. The summed E-state index contributed by atoms with van der Waals surface area (Å²) in [5.74, 6) is 1.60. The summed E-state index contributed by atoms with van der Waals surface area (Å²) in [6.07, 6.45) is 0. The molecule has 0 aliphatic heterocycles. The van der Waals surface area contributed by atoms with Crippen molar-refractivity contribution < 1.29 is 17.9 Å². The van der Waals surface area contributed by atoms with Crippen LogP contribution in [0.3, 0.4) is 0 Å². The van der Waals surface area contributed by atoms with E-state index >= 15 is 0 Å². The molecule has 0 fully saturated rings. The molecular weight excluding hydrogens is 527 g/mol. The van der Waals surface area contributed by atoms with Crippen molar-refractivity contribution >= 4 is 56.6 Å². The largest absolute Gasteiger partial charge is 0.494 e. The van der Waals surface area contributed by atoms with Crippen LogP contribution in [-0.4, -0.2) is 39.8 Å². The fourth-order valence-electron chi connectivity index (χ4n) is 3.18. The van der Waals surface area contributed by atoms with Gasteiger partial charge in [-0.2, -0.15) is 11.8 Å². The van der Waals surface area contributed by atoms with Crippen LogP contribution in [0.15, 0.2) is 77.7 Å². The summed E-state index contributed by atoms with van der Waals surface area (Å²) < 4.78 is 33.3. The number of benzene rings is 3. The summed E-state index contributed by atoms with van der Waals surface area (Å²) in [4.78, 5) is 12.8. The van der Waals surface area contributed by atoms with E-state index in [9.17, 15) is 13.2 Å². The lowest BCUT2D eigenvalue weighted by atomic mass is 10.2. The number of amides is 1. The molecule has 0 aliphatic carbocycles. The fourth-order valence-corrected chi connectivity index (χ4v) is 5.75. The number of sulfonamides is 1. The van der Waals surface area contributed by atoms with Gasteiger partial charge >= 0.3 is 0 Å². The van der Waals surface area contributed by atoms with Crippen LogP contribution >= 0.6 is 35.0 Å². The average molecular weight is 554 g/mol. The number of halogens is 2. The summed E-state index contributed by atoms with van der Waals surface area (Å²) >= 11 is 13.6. The Bertz CT molecular complexity index is 1220. The van der Waals surface area contributed by atoms with Crippen molar-refractivity contribution in [1.29, 1.82) is 0 Å². The number of carbonyl (C=O) groups excluding carboxylic acids is 1. The van der Waals surface area contributed by atoms with Crippen LogP contribution in [0.2, 0.25) is 10.0 Å². The Balaban J connectivity index is 1.63. The van der Waals surface area contributed by atoms with Gasteiger partial charge in [-0.25, -0.2) is 8.42 Å². The second-order valence-electron chi connectivity index (χ2n) is 7.40. The summed E-state index contributed by atoms with van der Waals surface area (Å²) in [6.45, 7) is 2.42. The Morgan fingerprint density at radius 3 is 2.37 bits per heavy atom. The normalized spacial score (nSPS) is 11.2. The van der Waals surface area contributed by atoms with E-state index in [1.54, 1.807) is 60.3 Å². The average Bonchev–Trinajstić information content (AvgIpc) is 2.86. The maximum atomic E-state index is 13.4. The van der Waals surface area contributed by atoms with Crippen molar-refractivity contribution in [3.63, 3.8) is 0 Å². The van der Waals surface area contributed by atoms with Crippen LogP contribution in [-0.2, 0) is 20.6 Å². The van der Waals surface area contributed by atoms with Gasteiger partial charge in [-0.1, -0.05) is 47.5 Å². The molecule has 0 saturated heterocycles. The molecule has 0 unspecified atom stereocenters. The first-order chi connectivity index (χ1) is 16.8. The van der Waals surface area contributed by atoms with Crippen molar-refractivity contribution in [2.24, 2.45) is 0 Å². The monoisotopic (exact) mass is 552 g/mol. The van der Waals surface area contributed by atoms with E-state index in [2.05, 4.69) is 5.32 Å². The number of carbonyl (C=O) groups is 1. The van der Waals surface area contributed by atoms with Crippen LogP contribution in [0.4, 0.5) is 5.69 Å². The highest BCUT2D eigenvalue weighted by molar-refractivity contribution is 7.98. The SMILES string of the molecule is CCOc1ccc(N(CC(=O)NCCSCc2ccc(Cl)c(Cl)c2)S(=O)(=O)c2ccccc2)cc1. The van der Waals surface area contributed by atoms with Gasteiger partial charge in [0.1, 0.15) is 12.3 Å². The maximum Gasteiger partial charge on any atom is 0.264 e. The first kappa shape index (κ1) is 27.2. The first-order valence-corrected chi connectivity index (χ1v) is 14.3. The van der Waals surface area contributed by atoms with Crippen molar-refractivity contribution in [3.05, 3.63) is 88.4 Å². The summed E-state index contributed by atoms with van der Waals surface area (Å²) in [6, 6.07) is 20.2. The van der Waals surface area contributed by atoms with E-state index < -0.39 is 15.9 Å². The zero-order chi connectivity index (χ0) is 25.3. The number of nitrogens with zero attached hydrogens (tertiary/aromatic N) is 1. The van der Waals surface area contributed by atoms with Gasteiger partial charge in [0, 0.05) is 18.1 Å². The molecule has 0 bridgehead atoms. The molecule has 0 aliphatic rings. The predicted molar refractivity (Wildman–Crippen MR) is 144 cm³/mol. The molecule has 186 valence electrons. The lowest BCUT2D eigenvalue weighted by Crippen LogP contribution is -2.41. The van der Waals surface area contributed by atoms with Gasteiger partial charge < -0.3 is 10.1 Å². The van der Waals surface area contributed by atoms with Gasteiger partial charge in [-0.05, 0) is 61.0 Å². The third-order valence-corrected chi connectivity index (χ3v) is 8.43. The smallest absolute Gasteiger partial charge is 0.264 e. The molecule has 0 aromatic heterocycles. The minimum absolute atomic E-state index is 0.110. The van der Waals surface area contributed by atoms with Crippen molar-refractivity contribution in [2.45, 2.75) is 17.6 Å². The van der Waals surface area contributed by atoms with Crippen LogP contribution in [0.25, 0.3) is 0 Å². The third kappa shape index (κ3) is 7.80. The Kier molecular flexibility index (Phi) is 10.2. The first-order valence-electron chi connectivity index (χ1n) is 10.9. The third-order valence-electron chi connectivity index (χ3n) is 4.88. The van der Waals surface area contributed by atoms with Crippen molar-refractivity contribution in [1.82, 2.24) is 5.32 Å². The highest BCUT2D eigenvalue weighted by Gasteiger charge is 2.27. The molecule has 3 aromatic carbocycles. The van der Waals surface area contributed by atoms with Gasteiger partial charge in [-0.15, -0.1) is 0 Å². The molecular formula is C25H26Cl2N2O4S2. The zero-order valence-electron chi connectivity index (χ0n) is 19.1. The van der Waals surface area contributed by atoms with Crippen molar-refractivity contribution in [2.75, 3.05) is 29.8 Å². The Morgan fingerprint density at radius 1 is 1.00 bits per heavy atom. The molecule has 0 saturated carbocycles. The number of ether oxygens (including phenoxy) is 1. The topological polar surface area (TPSA) is 75.7 Å². The molecule has 3 aromatic rings. The second-order valence-corrected chi connectivity index (χ2v) is 11.2. The van der Waals surface area contributed by atoms with Gasteiger partial charge in [-0.3, -0.25) is 9.10 Å². The molecule has 0 spiro atoms. The highest BCUT2D eigenvalue weighted by atomic mass is 35.5. The van der Waals surface area contributed by atoms with Crippen LogP contribution < -0.4 is 14.4 Å². The molecule has 3 rings (SSSR count).